The molecule has 2 aromatic carbocycles. The standard InChI is InChI=1S/C19H22ClN/c20-13-19(12-15-5-2-1-3-6-15)21-14-16-9-10-17-7-4-8-18(17)11-16/h1-3,5-6,9-11,19,21H,4,7-8,12-14H2. The van der Waals surface area contributed by atoms with Crippen LogP contribution in [0.4, 0.5) is 0 Å². The van der Waals surface area contributed by atoms with Gasteiger partial charge in [0.05, 0.1) is 0 Å². The van der Waals surface area contributed by atoms with Crippen LogP contribution in [-0.2, 0) is 25.8 Å². The van der Waals surface area contributed by atoms with Gasteiger partial charge in [0.2, 0.25) is 0 Å². The molecule has 110 valence electrons. The van der Waals surface area contributed by atoms with Crippen LogP contribution in [0.15, 0.2) is 48.5 Å². The molecule has 2 aromatic rings. The average Bonchev–Trinajstić information content (AvgIpc) is 3.00. The number of nitrogens with one attached hydrogen (secondary N) is 1. The third-order valence-electron chi connectivity index (χ3n) is 4.27. The normalized spacial score (nSPS) is 14.9. The monoisotopic (exact) mass is 299 g/mol. The highest BCUT2D eigenvalue weighted by molar-refractivity contribution is 6.18. The minimum atomic E-state index is 0.322. The second-order valence-corrected chi connectivity index (χ2v) is 6.19. The van der Waals surface area contributed by atoms with Gasteiger partial charge in [-0.2, -0.15) is 0 Å². The van der Waals surface area contributed by atoms with Crippen molar-refractivity contribution in [1.82, 2.24) is 5.32 Å². The van der Waals surface area contributed by atoms with Crippen LogP contribution in [-0.4, -0.2) is 11.9 Å². The van der Waals surface area contributed by atoms with Crippen LogP contribution in [0.1, 0.15) is 28.7 Å². The van der Waals surface area contributed by atoms with E-state index in [1.54, 1.807) is 5.56 Å². The lowest BCUT2D eigenvalue weighted by Crippen LogP contribution is -2.32. The topological polar surface area (TPSA) is 12.0 Å². The van der Waals surface area contributed by atoms with Crippen molar-refractivity contribution in [2.45, 2.75) is 38.3 Å². The SMILES string of the molecule is ClCC(Cc1ccccc1)NCc1ccc2c(c1)CCC2. The highest BCUT2D eigenvalue weighted by Crippen LogP contribution is 2.22. The number of benzene rings is 2. The van der Waals surface area contributed by atoms with Crippen LogP contribution in [0.2, 0.25) is 0 Å². The Bertz CT molecular complexity index is 579. The smallest absolute Gasteiger partial charge is 0.0380 e. The third-order valence-corrected chi connectivity index (χ3v) is 4.64. The molecule has 1 nitrogen and oxygen atoms in total. The molecular weight excluding hydrogens is 278 g/mol. The molecule has 0 amide bonds. The molecule has 2 heteroatoms. The van der Waals surface area contributed by atoms with Crippen molar-refractivity contribution >= 4 is 11.6 Å². The fourth-order valence-corrected chi connectivity index (χ4v) is 3.30. The van der Waals surface area contributed by atoms with Crippen LogP contribution in [0, 0.1) is 0 Å². The van der Waals surface area contributed by atoms with Crippen molar-refractivity contribution in [1.29, 1.82) is 0 Å². The summed E-state index contributed by atoms with van der Waals surface area (Å²) in [6, 6.07) is 17.8. The van der Waals surface area contributed by atoms with Gasteiger partial charge in [0.25, 0.3) is 0 Å². The maximum atomic E-state index is 6.11. The second kappa shape index (κ2) is 7.11. The van der Waals surface area contributed by atoms with E-state index in [0.29, 0.717) is 11.9 Å². The average molecular weight is 300 g/mol. The summed E-state index contributed by atoms with van der Waals surface area (Å²) in [4.78, 5) is 0. The molecule has 1 unspecified atom stereocenters. The fourth-order valence-electron chi connectivity index (χ4n) is 3.08. The lowest BCUT2D eigenvalue weighted by Gasteiger charge is -2.16. The molecule has 0 aromatic heterocycles. The predicted octanol–water partition coefficient (Wildman–Crippen LogP) is 4.12. The first kappa shape index (κ1) is 14.6. The number of aryl methyl sites for hydroxylation is 2. The molecule has 21 heavy (non-hydrogen) atoms. The van der Waals surface area contributed by atoms with Crippen molar-refractivity contribution in [2.24, 2.45) is 0 Å². The zero-order valence-corrected chi connectivity index (χ0v) is 13.1. The molecule has 1 aliphatic carbocycles. The fraction of sp³-hybridized carbons (Fsp3) is 0.368. The van der Waals surface area contributed by atoms with Crippen molar-refractivity contribution in [3.05, 3.63) is 70.8 Å². The summed E-state index contributed by atoms with van der Waals surface area (Å²) in [6.07, 6.45) is 4.79. The molecule has 1 aliphatic rings. The Kier molecular flexibility index (Phi) is 4.95. The van der Waals surface area contributed by atoms with E-state index in [9.17, 15) is 0 Å². The lowest BCUT2D eigenvalue weighted by molar-refractivity contribution is 0.550. The van der Waals surface area contributed by atoms with Crippen LogP contribution >= 0.6 is 11.6 Å². The highest BCUT2D eigenvalue weighted by Gasteiger charge is 2.12. The van der Waals surface area contributed by atoms with E-state index in [-0.39, 0.29) is 0 Å². The minimum Gasteiger partial charge on any atom is -0.308 e. The van der Waals surface area contributed by atoms with Crippen molar-refractivity contribution in [2.75, 3.05) is 5.88 Å². The summed E-state index contributed by atoms with van der Waals surface area (Å²) in [5.74, 6) is 0.639. The number of fused-ring (bicyclic) bond motifs is 1. The maximum absolute atomic E-state index is 6.11. The van der Waals surface area contributed by atoms with Gasteiger partial charge < -0.3 is 5.32 Å². The van der Waals surface area contributed by atoms with E-state index in [4.69, 9.17) is 11.6 Å². The molecule has 3 rings (SSSR count). The van der Waals surface area contributed by atoms with Gasteiger partial charge in [-0.1, -0.05) is 48.5 Å². The van der Waals surface area contributed by atoms with Gasteiger partial charge in [0.1, 0.15) is 0 Å². The first-order valence-corrected chi connectivity index (χ1v) is 8.32. The molecule has 0 fully saturated rings. The van der Waals surface area contributed by atoms with E-state index in [2.05, 4.69) is 53.8 Å². The van der Waals surface area contributed by atoms with E-state index in [1.807, 2.05) is 0 Å². The minimum absolute atomic E-state index is 0.322. The van der Waals surface area contributed by atoms with Gasteiger partial charge in [-0.3, -0.25) is 0 Å². The first-order chi connectivity index (χ1) is 10.3. The van der Waals surface area contributed by atoms with Gasteiger partial charge in [0, 0.05) is 18.5 Å². The molecule has 0 saturated heterocycles. The Morgan fingerprint density at radius 2 is 1.76 bits per heavy atom. The number of hydrogen-bond donors (Lipinski definition) is 1. The van der Waals surface area contributed by atoms with Crippen LogP contribution in [0.5, 0.6) is 0 Å². The van der Waals surface area contributed by atoms with Gasteiger partial charge in [-0.05, 0) is 47.9 Å². The van der Waals surface area contributed by atoms with Crippen LogP contribution < -0.4 is 5.32 Å². The zero-order chi connectivity index (χ0) is 14.5. The molecule has 0 bridgehead atoms. The summed E-state index contributed by atoms with van der Waals surface area (Å²) in [6.45, 7) is 0.900. The Balaban J connectivity index is 1.58. The summed E-state index contributed by atoms with van der Waals surface area (Å²) in [7, 11) is 0. The van der Waals surface area contributed by atoms with E-state index in [1.165, 1.54) is 36.0 Å². The number of alkyl halides is 1. The first-order valence-electron chi connectivity index (χ1n) is 7.79. The summed E-state index contributed by atoms with van der Waals surface area (Å²) in [5.41, 5.74) is 5.79. The molecule has 0 radical (unpaired) electrons. The van der Waals surface area contributed by atoms with Gasteiger partial charge in [0.15, 0.2) is 0 Å². The Hall–Kier alpha value is -1.31. The van der Waals surface area contributed by atoms with E-state index in [0.717, 1.165) is 13.0 Å². The summed E-state index contributed by atoms with van der Waals surface area (Å²) >= 11 is 6.11. The van der Waals surface area contributed by atoms with E-state index >= 15 is 0 Å². The van der Waals surface area contributed by atoms with Crippen LogP contribution in [0.25, 0.3) is 0 Å². The Morgan fingerprint density at radius 1 is 0.952 bits per heavy atom. The molecular formula is C19H22ClN. The third kappa shape index (κ3) is 3.87. The van der Waals surface area contributed by atoms with Gasteiger partial charge in [-0.25, -0.2) is 0 Å². The van der Waals surface area contributed by atoms with Gasteiger partial charge in [-0.15, -0.1) is 11.6 Å². The predicted molar refractivity (Wildman–Crippen MR) is 90.0 cm³/mol. The number of hydrogen-bond acceptors (Lipinski definition) is 1. The van der Waals surface area contributed by atoms with Crippen LogP contribution in [0.3, 0.4) is 0 Å². The quantitative estimate of drug-likeness (QED) is 0.791. The molecule has 0 aliphatic heterocycles. The Morgan fingerprint density at radius 3 is 2.57 bits per heavy atom. The molecule has 0 heterocycles. The summed E-state index contributed by atoms with van der Waals surface area (Å²) in [5, 5.41) is 3.59. The lowest BCUT2D eigenvalue weighted by atomic mass is 10.0. The van der Waals surface area contributed by atoms with Crippen molar-refractivity contribution < 1.29 is 0 Å². The largest absolute Gasteiger partial charge is 0.308 e. The molecule has 0 spiro atoms. The zero-order valence-electron chi connectivity index (χ0n) is 12.3. The summed E-state index contributed by atoms with van der Waals surface area (Å²) < 4.78 is 0. The molecule has 1 atom stereocenters. The van der Waals surface area contributed by atoms with Crippen molar-refractivity contribution in [3.63, 3.8) is 0 Å². The maximum Gasteiger partial charge on any atom is 0.0380 e. The second-order valence-electron chi connectivity index (χ2n) is 5.88. The number of rotatable bonds is 6. The van der Waals surface area contributed by atoms with E-state index < -0.39 is 0 Å². The van der Waals surface area contributed by atoms with Gasteiger partial charge >= 0.3 is 0 Å². The molecule has 0 saturated carbocycles. The van der Waals surface area contributed by atoms with Crippen molar-refractivity contribution in [3.8, 4) is 0 Å². The highest BCUT2D eigenvalue weighted by atomic mass is 35.5. The Labute approximate surface area is 132 Å². The number of halogens is 1. The molecule has 1 N–H and O–H groups in total.